The summed E-state index contributed by atoms with van der Waals surface area (Å²) in [6.45, 7) is 1.95. The highest BCUT2D eigenvalue weighted by atomic mass is 32.2. The average molecular weight is 499 g/mol. The molecule has 1 aliphatic carbocycles. The van der Waals surface area contributed by atoms with E-state index in [4.69, 9.17) is 4.42 Å². The van der Waals surface area contributed by atoms with Crippen LogP contribution in [0.4, 0.5) is 0 Å². The van der Waals surface area contributed by atoms with Gasteiger partial charge in [-0.15, -0.1) is 0 Å². The topological polar surface area (TPSA) is 103 Å². The molecule has 2 atom stereocenters. The molecule has 9 nitrogen and oxygen atoms in total. The fourth-order valence-electron chi connectivity index (χ4n) is 5.50. The Morgan fingerprint density at radius 3 is 2.40 bits per heavy atom. The molecule has 1 aromatic carbocycles. The summed E-state index contributed by atoms with van der Waals surface area (Å²) in [5.74, 6) is -0.122. The Balaban J connectivity index is 1.47. The first-order valence-electron chi connectivity index (χ1n) is 12.0. The summed E-state index contributed by atoms with van der Waals surface area (Å²) in [6.07, 6.45) is 5.34. The van der Waals surface area contributed by atoms with Gasteiger partial charge in [0.1, 0.15) is 5.70 Å². The standard InChI is InChI=1S/C25H30N4O5S/c1-27-20-11-6-5-10-19(20)23(22(25(27)31)26-35(32,33)18-8-3-2-4-9-18)28-13-15-29(16-14-28)24(30)21-12-7-17-34-21/h2-4,7-9,12,17,19-20,26H,5-6,10-11,13-16H2,1H3. The SMILES string of the molecule is CN1C(=O)C(NS(=O)(=O)c2ccccc2)=C(N2CCN(C(=O)c3ccco3)CC2)C2CCCCC21. The third-order valence-electron chi connectivity index (χ3n) is 7.30. The molecular weight excluding hydrogens is 468 g/mol. The quantitative estimate of drug-likeness (QED) is 0.678. The number of hydrogen-bond acceptors (Lipinski definition) is 6. The maximum absolute atomic E-state index is 13.5. The van der Waals surface area contributed by atoms with Gasteiger partial charge in [0.2, 0.25) is 0 Å². The number of piperazine rings is 1. The third-order valence-corrected chi connectivity index (χ3v) is 8.66. The number of nitrogens with one attached hydrogen (secondary N) is 1. The minimum absolute atomic E-state index is 0.0407. The molecule has 1 saturated heterocycles. The van der Waals surface area contributed by atoms with E-state index in [1.807, 2.05) is 0 Å². The second-order valence-corrected chi connectivity index (χ2v) is 11.0. The minimum Gasteiger partial charge on any atom is -0.459 e. The second-order valence-electron chi connectivity index (χ2n) is 9.31. The molecule has 0 spiro atoms. The number of fused-ring (bicyclic) bond motifs is 1. The van der Waals surface area contributed by atoms with Crippen molar-refractivity contribution in [2.75, 3.05) is 33.2 Å². The van der Waals surface area contributed by atoms with Crippen molar-refractivity contribution in [2.24, 2.45) is 5.92 Å². The van der Waals surface area contributed by atoms with Gasteiger partial charge in [0.25, 0.3) is 21.8 Å². The number of sulfonamides is 1. The van der Waals surface area contributed by atoms with Crippen molar-refractivity contribution in [3.63, 3.8) is 0 Å². The molecule has 1 N–H and O–H groups in total. The lowest BCUT2D eigenvalue weighted by Gasteiger charge is -2.48. The van der Waals surface area contributed by atoms with Gasteiger partial charge in [0.05, 0.1) is 11.2 Å². The number of carbonyl (C=O) groups is 2. The van der Waals surface area contributed by atoms with Crippen LogP contribution in [-0.4, -0.2) is 74.2 Å². The van der Waals surface area contributed by atoms with Gasteiger partial charge in [0.15, 0.2) is 5.76 Å². The number of furan rings is 1. The molecule has 10 heteroatoms. The Labute approximate surface area is 205 Å². The van der Waals surface area contributed by atoms with Crippen molar-refractivity contribution in [3.05, 3.63) is 65.9 Å². The Kier molecular flexibility index (Phi) is 6.31. The molecule has 2 fully saturated rings. The van der Waals surface area contributed by atoms with Crippen molar-refractivity contribution < 1.29 is 22.4 Å². The monoisotopic (exact) mass is 498 g/mol. The largest absolute Gasteiger partial charge is 0.459 e. The van der Waals surface area contributed by atoms with E-state index in [-0.39, 0.29) is 34.4 Å². The fraction of sp³-hybridized carbons (Fsp3) is 0.440. The first-order chi connectivity index (χ1) is 16.9. The van der Waals surface area contributed by atoms with Crippen LogP contribution in [0.3, 0.4) is 0 Å². The van der Waals surface area contributed by atoms with Crippen molar-refractivity contribution >= 4 is 21.8 Å². The van der Waals surface area contributed by atoms with Crippen LogP contribution in [0, 0.1) is 5.92 Å². The van der Waals surface area contributed by atoms with Gasteiger partial charge in [0, 0.05) is 50.9 Å². The van der Waals surface area contributed by atoms with Gasteiger partial charge in [-0.3, -0.25) is 14.3 Å². The molecule has 1 saturated carbocycles. The van der Waals surface area contributed by atoms with Gasteiger partial charge in [-0.1, -0.05) is 31.0 Å². The zero-order valence-electron chi connectivity index (χ0n) is 19.7. The molecular formula is C25H30N4O5S. The van der Waals surface area contributed by atoms with E-state index in [1.165, 1.54) is 18.4 Å². The van der Waals surface area contributed by atoms with Crippen LogP contribution >= 0.6 is 0 Å². The molecule has 3 heterocycles. The van der Waals surface area contributed by atoms with Crippen molar-refractivity contribution in [2.45, 2.75) is 36.6 Å². The van der Waals surface area contributed by atoms with E-state index in [0.717, 1.165) is 31.4 Å². The summed E-state index contributed by atoms with van der Waals surface area (Å²) in [5, 5.41) is 0. The van der Waals surface area contributed by atoms with Crippen LogP contribution in [0.1, 0.15) is 36.2 Å². The minimum atomic E-state index is -3.94. The Morgan fingerprint density at radius 2 is 1.71 bits per heavy atom. The molecule has 35 heavy (non-hydrogen) atoms. The number of hydrogen-bond donors (Lipinski definition) is 1. The Bertz CT molecular complexity index is 1220. The van der Waals surface area contributed by atoms with Crippen LogP contribution in [0.25, 0.3) is 0 Å². The van der Waals surface area contributed by atoms with Gasteiger partial charge in [-0.05, 0) is 37.1 Å². The molecule has 0 radical (unpaired) electrons. The lowest BCUT2D eigenvalue weighted by molar-refractivity contribution is -0.131. The highest BCUT2D eigenvalue weighted by Gasteiger charge is 2.44. The highest BCUT2D eigenvalue weighted by molar-refractivity contribution is 7.89. The zero-order valence-corrected chi connectivity index (χ0v) is 20.5. The smallest absolute Gasteiger partial charge is 0.289 e. The van der Waals surface area contributed by atoms with E-state index in [9.17, 15) is 18.0 Å². The summed E-state index contributed by atoms with van der Waals surface area (Å²) in [4.78, 5) is 31.9. The fourth-order valence-corrected chi connectivity index (χ4v) is 6.60. The van der Waals surface area contributed by atoms with Crippen LogP contribution < -0.4 is 4.72 Å². The summed E-state index contributed by atoms with van der Waals surface area (Å²) in [5.41, 5.74) is 0.896. The van der Waals surface area contributed by atoms with Crippen LogP contribution in [0.2, 0.25) is 0 Å². The summed E-state index contributed by atoms with van der Waals surface area (Å²) < 4.78 is 34.3. The number of benzene rings is 1. The zero-order chi connectivity index (χ0) is 24.6. The highest BCUT2D eigenvalue weighted by Crippen LogP contribution is 2.40. The van der Waals surface area contributed by atoms with Gasteiger partial charge < -0.3 is 19.1 Å². The molecule has 2 aromatic rings. The second kappa shape index (κ2) is 9.41. The first kappa shape index (κ1) is 23.5. The van der Waals surface area contributed by atoms with E-state index < -0.39 is 10.0 Å². The van der Waals surface area contributed by atoms with Crippen LogP contribution in [0.5, 0.6) is 0 Å². The molecule has 2 amide bonds. The predicted molar refractivity (Wildman–Crippen MR) is 128 cm³/mol. The molecule has 2 unspecified atom stereocenters. The Morgan fingerprint density at radius 1 is 1.00 bits per heavy atom. The maximum atomic E-state index is 13.5. The van der Waals surface area contributed by atoms with Gasteiger partial charge in [-0.2, -0.15) is 0 Å². The van der Waals surface area contributed by atoms with Crippen molar-refractivity contribution in [1.29, 1.82) is 0 Å². The molecule has 0 bridgehead atoms. The Hall–Kier alpha value is -3.27. The lowest BCUT2D eigenvalue weighted by Crippen LogP contribution is -2.57. The number of rotatable bonds is 5. The lowest BCUT2D eigenvalue weighted by atomic mass is 9.78. The molecule has 5 rings (SSSR count). The van der Waals surface area contributed by atoms with Crippen molar-refractivity contribution in [1.82, 2.24) is 19.4 Å². The van der Waals surface area contributed by atoms with Gasteiger partial charge in [-0.25, -0.2) is 8.42 Å². The number of nitrogens with zero attached hydrogens (tertiary/aromatic N) is 3. The van der Waals surface area contributed by atoms with Gasteiger partial charge >= 0.3 is 0 Å². The van der Waals surface area contributed by atoms with E-state index in [0.29, 0.717) is 31.9 Å². The average Bonchev–Trinajstić information content (AvgIpc) is 3.43. The van der Waals surface area contributed by atoms with Crippen molar-refractivity contribution in [3.8, 4) is 0 Å². The van der Waals surface area contributed by atoms with E-state index in [2.05, 4.69) is 9.62 Å². The van der Waals surface area contributed by atoms with Crippen LogP contribution in [0.15, 0.2) is 69.4 Å². The van der Waals surface area contributed by atoms with E-state index in [1.54, 1.807) is 47.2 Å². The first-order valence-corrected chi connectivity index (χ1v) is 13.5. The predicted octanol–water partition coefficient (Wildman–Crippen LogP) is 2.26. The summed E-state index contributed by atoms with van der Waals surface area (Å²) >= 11 is 0. The molecule has 1 aromatic heterocycles. The van der Waals surface area contributed by atoms with Crippen LogP contribution in [-0.2, 0) is 14.8 Å². The summed E-state index contributed by atoms with van der Waals surface area (Å²) in [6, 6.07) is 11.5. The normalized spacial score (nSPS) is 23.3. The molecule has 186 valence electrons. The van der Waals surface area contributed by atoms with E-state index >= 15 is 0 Å². The molecule has 3 aliphatic rings. The third kappa shape index (κ3) is 4.42. The maximum Gasteiger partial charge on any atom is 0.289 e. The summed E-state index contributed by atoms with van der Waals surface area (Å²) in [7, 11) is -2.18. The number of likely N-dealkylation sites (N-methyl/N-ethyl adjacent to an activating group) is 1. The molecule has 2 aliphatic heterocycles. The number of amides is 2. The number of carbonyl (C=O) groups excluding carboxylic acids is 2.